The Balaban J connectivity index is 2.23. The second-order valence-corrected chi connectivity index (χ2v) is 4.70. The van der Waals surface area contributed by atoms with Crippen molar-refractivity contribution in [3.05, 3.63) is 41.0 Å². The average molecular weight is 296 g/mol. The lowest BCUT2D eigenvalue weighted by Gasteiger charge is -2.10. The molecule has 1 heterocycles. The Morgan fingerprint density at radius 3 is 2.43 bits per heavy atom. The molecule has 0 aliphatic carbocycles. The second-order valence-electron chi connectivity index (χ2n) is 4.70. The van der Waals surface area contributed by atoms with E-state index in [2.05, 4.69) is 15.4 Å². The first kappa shape index (κ1) is 15.5. The van der Waals surface area contributed by atoms with Gasteiger partial charge in [-0.25, -0.2) is 18.4 Å². The molecule has 0 aliphatic heterocycles. The highest BCUT2D eigenvalue weighted by atomic mass is 19.1. The van der Waals surface area contributed by atoms with Gasteiger partial charge in [-0.05, 0) is 31.5 Å². The van der Waals surface area contributed by atoms with Gasteiger partial charge in [-0.2, -0.15) is 5.10 Å². The Hall–Kier alpha value is -1.86. The van der Waals surface area contributed by atoms with E-state index in [4.69, 9.17) is 4.74 Å². The Bertz CT molecular complexity index is 604. The van der Waals surface area contributed by atoms with Gasteiger partial charge in [0.2, 0.25) is 0 Å². The first-order valence-corrected chi connectivity index (χ1v) is 6.61. The number of hydrogen-bond acceptors (Lipinski definition) is 4. The zero-order valence-corrected chi connectivity index (χ0v) is 12.3. The van der Waals surface area contributed by atoms with Crippen LogP contribution in [-0.4, -0.2) is 35.0 Å². The van der Waals surface area contributed by atoms with Gasteiger partial charge in [0.15, 0.2) is 11.6 Å². The molecule has 0 saturated carbocycles. The van der Waals surface area contributed by atoms with Crippen LogP contribution in [0.1, 0.15) is 17.2 Å². The topological polar surface area (TPSA) is 52.0 Å². The molecule has 7 heteroatoms. The molecule has 0 unspecified atom stereocenters. The monoisotopic (exact) mass is 296 g/mol. The second kappa shape index (κ2) is 6.73. The molecule has 0 radical (unpaired) electrons. The third kappa shape index (κ3) is 3.62. The molecule has 5 nitrogen and oxygen atoms in total. The maximum absolute atomic E-state index is 14.2. The van der Waals surface area contributed by atoms with E-state index in [0.717, 1.165) is 0 Å². The fourth-order valence-corrected chi connectivity index (χ4v) is 2.06. The van der Waals surface area contributed by atoms with Crippen molar-refractivity contribution in [3.63, 3.8) is 0 Å². The smallest absolute Gasteiger partial charge is 0.152 e. The SMILES string of the molecule is COCCNCc1cc(F)c(-n2nc(C)nc2C)c(F)c1. The van der Waals surface area contributed by atoms with Crippen molar-refractivity contribution in [2.75, 3.05) is 20.3 Å². The largest absolute Gasteiger partial charge is 0.383 e. The van der Waals surface area contributed by atoms with Gasteiger partial charge in [0.1, 0.15) is 17.3 Å². The third-order valence-corrected chi connectivity index (χ3v) is 2.98. The van der Waals surface area contributed by atoms with Crippen LogP contribution in [0.4, 0.5) is 8.78 Å². The molecule has 0 amide bonds. The number of aryl methyl sites for hydroxylation is 2. The van der Waals surface area contributed by atoms with Crippen molar-refractivity contribution in [1.29, 1.82) is 0 Å². The molecule has 2 aromatic rings. The predicted molar refractivity (Wildman–Crippen MR) is 74.3 cm³/mol. The molecule has 0 fully saturated rings. The summed E-state index contributed by atoms with van der Waals surface area (Å²) < 4.78 is 34.4. The Morgan fingerprint density at radius 2 is 1.90 bits per heavy atom. The van der Waals surface area contributed by atoms with E-state index >= 15 is 0 Å². The highest BCUT2D eigenvalue weighted by Crippen LogP contribution is 2.20. The standard InChI is InChI=1S/C14H18F2N4O/c1-9-18-10(2)20(19-9)14-12(15)6-11(7-13(14)16)8-17-4-5-21-3/h6-7,17H,4-5,8H2,1-3H3. The van der Waals surface area contributed by atoms with Crippen molar-refractivity contribution in [2.45, 2.75) is 20.4 Å². The Labute approximate surface area is 121 Å². The van der Waals surface area contributed by atoms with Crippen LogP contribution in [0.5, 0.6) is 0 Å². The fourth-order valence-electron chi connectivity index (χ4n) is 2.06. The van der Waals surface area contributed by atoms with E-state index in [1.165, 1.54) is 16.8 Å². The molecule has 1 aromatic heterocycles. The number of halogens is 2. The molecule has 114 valence electrons. The number of hydrogen-bond donors (Lipinski definition) is 1. The highest BCUT2D eigenvalue weighted by molar-refractivity contribution is 5.38. The number of methoxy groups -OCH3 is 1. The van der Waals surface area contributed by atoms with Gasteiger partial charge in [0.05, 0.1) is 6.61 Å². The summed E-state index contributed by atoms with van der Waals surface area (Å²) in [7, 11) is 1.60. The summed E-state index contributed by atoms with van der Waals surface area (Å²) >= 11 is 0. The van der Waals surface area contributed by atoms with Crippen LogP contribution >= 0.6 is 0 Å². The zero-order valence-electron chi connectivity index (χ0n) is 12.3. The molecule has 0 saturated heterocycles. The van der Waals surface area contributed by atoms with Crippen molar-refractivity contribution in [3.8, 4) is 5.69 Å². The van der Waals surface area contributed by atoms with Gasteiger partial charge in [0.25, 0.3) is 0 Å². The summed E-state index contributed by atoms with van der Waals surface area (Å²) in [6, 6.07) is 2.60. The molecule has 21 heavy (non-hydrogen) atoms. The molecule has 1 N–H and O–H groups in total. The summed E-state index contributed by atoms with van der Waals surface area (Å²) in [5, 5.41) is 7.05. The van der Waals surface area contributed by atoms with Crippen molar-refractivity contribution in [2.24, 2.45) is 0 Å². The quantitative estimate of drug-likeness (QED) is 0.827. The fraction of sp³-hybridized carbons (Fsp3) is 0.429. The molecule has 1 aromatic carbocycles. The van der Waals surface area contributed by atoms with Gasteiger partial charge in [0, 0.05) is 20.2 Å². The molecule has 0 atom stereocenters. The van der Waals surface area contributed by atoms with Gasteiger partial charge in [-0.3, -0.25) is 0 Å². The first-order valence-electron chi connectivity index (χ1n) is 6.61. The van der Waals surface area contributed by atoms with Crippen LogP contribution < -0.4 is 5.32 Å². The lowest BCUT2D eigenvalue weighted by Crippen LogP contribution is -2.19. The lowest BCUT2D eigenvalue weighted by molar-refractivity contribution is 0.199. The van der Waals surface area contributed by atoms with E-state index in [1.807, 2.05) is 0 Å². The Morgan fingerprint density at radius 1 is 1.24 bits per heavy atom. The van der Waals surface area contributed by atoms with Crippen molar-refractivity contribution in [1.82, 2.24) is 20.1 Å². The minimum atomic E-state index is -0.661. The van der Waals surface area contributed by atoms with E-state index in [-0.39, 0.29) is 5.69 Å². The first-order chi connectivity index (χ1) is 10.0. The number of aromatic nitrogens is 3. The number of nitrogens with zero attached hydrogens (tertiary/aromatic N) is 3. The summed E-state index contributed by atoms with van der Waals surface area (Å²) in [6.45, 7) is 4.85. The molecule has 0 bridgehead atoms. The molecular formula is C14H18F2N4O. The van der Waals surface area contributed by atoms with Crippen molar-refractivity contribution < 1.29 is 13.5 Å². The van der Waals surface area contributed by atoms with Crippen LogP contribution in [0, 0.1) is 25.5 Å². The van der Waals surface area contributed by atoms with Gasteiger partial charge in [-0.1, -0.05) is 0 Å². The zero-order chi connectivity index (χ0) is 15.4. The van der Waals surface area contributed by atoms with Crippen LogP contribution in [0.15, 0.2) is 12.1 Å². The molecule has 0 aliphatic rings. The lowest BCUT2D eigenvalue weighted by atomic mass is 10.2. The minimum Gasteiger partial charge on any atom is -0.383 e. The summed E-state index contributed by atoms with van der Waals surface area (Å²) in [5.74, 6) is -0.411. The molecular weight excluding hydrogens is 278 g/mol. The van der Waals surface area contributed by atoms with Gasteiger partial charge in [-0.15, -0.1) is 0 Å². The molecule has 0 spiro atoms. The third-order valence-electron chi connectivity index (χ3n) is 2.98. The average Bonchev–Trinajstić information content (AvgIpc) is 2.73. The van der Waals surface area contributed by atoms with Crippen LogP contribution in [0.2, 0.25) is 0 Å². The van der Waals surface area contributed by atoms with Crippen LogP contribution in [0.25, 0.3) is 5.69 Å². The van der Waals surface area contributed by atoms with E-state index < -0.39 is 11.6 Å². The number of rotatable bonds is 6. The van der Waals surface area contributed by atoms with Crippen molar-refractivity contribution >= 4 is 0 Å². The number of ether oxygens (including phenoxy) is 1. The van der Waals surface area contributed by atoms with Crippen LogP contribution in [0.3, 0.4) is 0 Å². The van der Waals surface area contributed by atoms with E-state index in [9.17, 15) is 8.78 Å². The van der Waals surface area contributed by atoms with E-state index in [1.54, 1.807) is 21.0 Å². The molecule has 2 rings (SSSR count). The van der Waals surface area contributed by atoms with Gasteiger partial charge < -0.3 is 10.1 Å². The Kier molecular flexibility index (Phi) is 4.98. The number of benzene rings is 1. The normalized spacial score (nSPS) is 11.1. The predicted octanol–water partition coefficient (Wildman–Crippen LogP) is 1.90. The number of nitrogens with one attached hydrogen (secondary N) is 1. The summed E-state index contributed by atoms with van der Waals surface area (Å²) in [5.41, 5.74) is 0.327. The highest BCUT2D eigenvalue weighted by Gasteiger charge is 2.16. The summed E-state index contributed by atoms with van der Waals surface area (Å²) in [6.07, 6.45) is 0. The van der Waals surface area contributed by atoms with Crippen LogP contribution in [-0.2, 0) is 11.3 Å². The minimum absolute atomic E-state index is 0.200. The van der Waals surface area contributed by atoms with Gasteiger partial charge >= 0.3 is 0 Å². The summed E-state index contributed by atoms with van der Waals surface area (Å²) in [4.78, 5) is 4.05. The maximum Gasteiger partial charge on any atom is 0.152 e. The maximum atomic E-state index is 14.2. The van der Waals surface area contributed by atoms with E-state index in [0.29, 0.717) is 36.9 Å².